The van der Waals surface area contributed by atoms with Crippen LogP contribution < -0.4 is 10.1 Å². The van der Waals surface area contributed by atoms with Crippen molar-refractivity contribution >= 4 is 0 Å². The van der Waals surface area contributed by atoms with Crippen LogP contribution in [0, 0.1) is 5.92 Å². The zero-order valence-corrected chi connectivity index (χ0v) is 11.9. The molecule has 3 heteroatoms. The van der Waals surface area contributed by atoms with Gasteiger partial charge in [-0.1, -0.05) is 12.1 Å². The highest BCUT2D eigenvalue weighted by Crippen LogP contribution is 2.36. The number of benzene rings is 1. The third kappa shape index (κ3) is 3.10. The summed E-state index contributed by atoms with van der Waals surface area (Å²) in [6.07, 6.45) is 2.82. The average Bonchev–Trinajstić information content (AvgIpc) is 3.23. The molecular formula is C16H24N2O. The lowest BCUT2D eigenvalue weighted by Gasteiger charge is -2.39. The number of piperazine rings is 1. The van der Waals surface area contributed by atoms with Crippen molar-refractivity contribution in [2.45, 2.75) is 38.4 Å². The molecule has 2 fully saturated rings. The quantitative estimate of drug-likeness (QED) is 0.899. The molecule has 2 atom stereocenters. The monoisotopic (exact) mass is 260 g/mol. The van der Waals surface area contributed by atoms with E-state index in [1.54, 1.807) is 7.11 Å². The summed E-state index contributed by atoms with van der Waals surface area (Å²) in [7, 11) is 1.74. The fraction of sp³-hybridized carbons (Fsp3) is 0.625. The van der Waals surface area contributed by atoms with Gasteiger partial charge in [-0.2, -0.15) is 0 Å². The summed E-state index contributed by atoms with van der Waals surface area (Å²) in [5.41, 5.74) is 1.36. The number of hydrogen-bond acceptors (Lipinski definition) is 3. The molecule has 2 aliphatic rings. The first kappa shape index (κ1) is 12.9. The van der Waals surface area contributed by atoms with Crippen LogP contribution in [-0.4, -0.2) is 37.2 Å². The molecule has 1 aromatic carbocycles. The van der Waals surface area contributed by atoms with Gasteiger partial charge in [-0.05, 0) is 43.4 Å². The minimum Gasteiger partial charge on any atom is -0.497 e. The first-order chi connectivity index (χ1) is 9.26. The normalized spacial score (nSPS) is 28.3. The van der Waals surface area contributed by atoms with Crippen LogP contribution in [0.4, 0.5) is 0 Å². The van der Waals surface area contributed by atoms with E-state index < -0.39 is 0 Å². The van der Waals surface area contributed by atoms with Crippen LogP contribution >= 0.6 is 0 Å². The Morgan fingerprint density at radius 2 is 2.21 bits per heavy atom. The zero-order chi connectivity index (χ0) is 13.2. The third-order valence-corrected chi connectivity index (χ3v) is 4.34. The van der Waals surface area contributed by atoms with Gasteiger partial charge in [0, 0.05) is 31.7 Å². The highest BCUT2D eigenvalue weighted by atomic mass is 16.5. The molecule has 1 N–H and O–H groups in total. The van der Waals surface area contributed by atoms with Gasteiger partial charge in [0.25, 0.3) is 0 Å². The molecule has 0 aromatic heterocycles. The lowest BCUT2D eigenvalue weighted by Crippen LogP contribution is -2.55. The van der Waals surface area contributed by atoms with Gasteiger partial charge in [0.05, 0.1) is 7.11 Å². The molecule has 0 radical (unpaired) electrons. The molecule has 0 bridgehead atoms. The van der Waals surface area contributed by atoms with E-state index in [9.17, 15) is 0 Å². The molecule has 2 unspecified atom stereocenters. The summed E-state index contributed by atoms with van der Waals surface area (Å²) in [4.78, 5) is 2.66. The molecular weight excluding hydrogens is 236 g/mol. The summed E-state index contributed by atoms with van der Waals surface area (Å²) in [6.45, 7) is 5.63. The Bertz CT molecular complexity index is 431. The van der Waals surface area contributed by atoms with Crippen molar-refractivity contribution in [2.75, 3.05) is 20.2 Å². The van der Waals surface area contributed by atoms with Crippen LogP contribution in [0.15, 0.2) is 24.3 Å². The van der Waals surface area contributed by atoms with Crippen molar-refractivity contribution in [3.05, 3.63) is 29.8 Å². The van der Waals surface area contributed by atoms with E-state index in [1.807, 2.05) is 6.07 Å². The van der Waals surface area contributed by atoms with E-state index in [-0.39, 0.29) is 0 Å². The number of hydrogen-bond donors (Lipinski definition) is 1. The summed E-state index contributed by atoms with van der Waals surface area (Å²) in [6, 6.07) is 9.80. The largest absolute Gasteiger partial charge is 0.497 e. The molecule has 1 aliphatic heterocycles. The van der Waals surface area contributed by atoms with Crippen LogP contribution in [0.1, 0.15) is 25.3 Å². The van der Waals surface area contributed by atoms with Crippen LogP contribution in [0.5, 0.6) is 5.75 Å². The maximum atomic E-state index is 5.32. The topological polar surface area (TPSA) is 24.5 Å². The molecule has 19 heavy (non-hydrogen) atoms. The van der Waals surface area contributed by atoms with Crippen LogP contribution in [0.2, 0.25) is 0 Å². The van der Waals surface area contributed by atoms with E-state index in [2.05, 4.69) is 35.3 Å². The van der Waals surface area contributed by atoms with E-state index in [1.165, 1.54) is 18.4 Å². The van der Waals surface area contributed by atoms with Gasteiger partial charge in [-0.25, -0.2) is 0 Å². The molecule has 3 nitrogen and oxygen atoms in total. The molecule has 1 saturated heterocycles. The minimum atomic E-state index is 0.598. The van der Waals surface area contributed by atoms with Gasteiger partial charge >= 0.3 is 0 Å². The van der Waals surface area contributed by atoms with Crippen molar-refractivity contribution in [2.24, 2.45) is 5.92 Å². The Hall–Kier alpha value is -1.06. The molecule has 0 spiro atoms. The number of rotatable bonds is 4. The SMILES string of the molecule is COc1cccc(CN2CC(C)NCC2C2CC2)c1. The lowest BCUT2D eigenvalue weighted by molar-refractivity contribution is 0.112. The van der Waals surface area contributed by atoms with Gasteiger partial charge in [-0.3, -0.25) is 4.90 Å². The number of ether oxygens (including phenoxy) is 1. The molecule has 1 aliphatic carbocycles. The Kier molecular flexibility index (Phi) is 3.76. The Labute approximate surface area is 115 Å². The van der Waals surface area contributed by atoms with E-state index >= 15 is 0 Å². The van der Waals surface area contributed by atoms with Crippen molar-refractivity contribution in [1.82, 2.24) is 10.2 Å². The summed E-state index contributed by atoms with van der Waals surface area (Å²) >= 11 is 0. The van der Waals surface area contributed by atoms with Crippen molar-refractivity contribution in [3.63, 3.8) is 0 Å². The summed E-state index contributed by atoms with van der Waals surface area (Å²) in [5, 5.41) is 3.63. The number of methoxy groups -OCH3 is 1. The maximum absolute atomic E-state index is 5.32. The average molecular weight is 260 g/mol. The predicted molar refractivity (Wildman–Crippen MR) is 77.4 cm³/mol. The first-order valence-electron chi connectivity index (χ1n) is 7.36. The highest BCUT2D eigenvalue weighted by molar-refractivity contribution is 5.28. The number of nitrogens with one attached hydrogen (secondary N) is 1. The maximum Gasteiger partial charge on any atom is 0.119 e. The summed E-state index contributed by atoms with van der Waals surface area (Å²) < 4.78 is 5.32. The van der Waals surface area contributed by atoms with Crippen LogP contribution in [0.25, 0.3) is 0 Å². The number of nitrogens with zero attached hydrogens (tertiary/aromatic N) is 1. The summed E-state index contributed by atoms with van der Waals surface area (Å²) in [5.74, 6) is 1.88. The van der Waals surface area contributed by atoms with Gasteiger partial charge < -0.3 is 10.1 Å². The van der Waals surface area contributed by atoms with E-state index in [0.29, 0.717) is 6.04 Å². The van der Waals surface area contributed by atoms with Gasteiger partial charge in [0.15, 0.2) is 0 Å². The van der Waals surface area contributed by atoms with E-state index in [4.69, 9.17) is 4.74 Å². The standard InChI is InChI=1S/C16H24N2O/c1-12-10-18(16(9-17-12)14-6-7-14)11-13-4-3-5-15(8-13)19-2/h3-5,8,12,14,16-17H,6-7,9-11H2,1-2H3. The van der Waals surface area contributed by atoms with Gasteiger partial charge in [0.2, 0.25) is 0 Å². The second-order valence-electron chi connectivity index (χ2n) is 6.00. The van der Waals surface area contributed by atoms with Crippen LogP contribution in [-0.2, 0) is 6.54 Å². The smallest absolute Gasteiger partial charge is 0.119 e. The predicted octanol–water partition coefficient (Wildman–Crippen LogP) is 2.27. The third-order valence-electron chi connectivity index (χ3n) is 4.34. The van der Waals surface area contributed by atoms with E-state index in [0.717, 1.165) is 37.3 Å². The highest BCUT2D eigenvalue weighted by Gasteiger charge is 2.37. The van der Waals surface area contributed by atoms with Crippen molar-refractivity contribution < 1.29 is 4.74 Å². The lowest BCUT2D eigenvalue weighted by atomic mass is 10.0. The minimum absolute atomic E-state index is 0.598. The van der Waals surface area contributed by atoms with Crippen LogP contribution in [0.3, 0.4) is 0 Å². The molecule has 0 amide bonds. The Morgan fingerprint density at radius 3 is 2.95 bits per heavy atom. The Balaban J connectivity index is 1.71. The van der Waals surface area contributed by atoms with Crippen molar-refractivity contribution in [1.29, 1.82) is 0 Å². The molecule has 3 rings (SSSR count). The Morgan fingerprint density at radius 1 is 1.37 bits per heavy atom. The molecule has 1 aromatic rings. The molecule has 1 saturated carbocycles. The molecule has 1 heterocycles. The molecule has 104 valence electrons. The van der Waals surface area contributed by atoms with Crippen molar-refractivity contribution in [3.8, 4) is 5.75 Å². The van der Waals surface area contributed by atoms with Gasteiger partial charge in [0.1, 0.15) is 5.75 Å². The second-order valence-corrected chi connectivity index (χ2v) is 6.00. The van der Waals surface area contributed by atoms with Gasteiger partial charge in [-0.15, -0.1) is 0 Å². The second kappa shape index (κ2) is 5.51. The zero-order valence-electron chi connectivity index (χ0n) is 11.9. The fourth-order valence-electron chi connectivity index (χ4n) is 3.14. The fourth-order valence-corrected chi connectivity index (χ4v) is 3.14. The first-order valence-corrected chi connectivity index (χ1v) is 7.36.